The predicted octanol–water partition coefficient (Wildman–Crippen LogP) is 5.09. The van der Waals surface area contributed by atoms with Crippen LogP contribution in [0.1, 0.15) is 10.4 Å². The number of carbonyl (C=O) groups excluding carboxylic acids is 1. The first-order chi connectivity index (χ1) is 15.6. The average Bonchev–Trinajstić information content (AvgIpc) is 3.24. The number of aromatic nitrogens is 1. The Labute approximate surface area is 191 Å². The number of anilines is 2. The van der Waals surface area contributed by atoms with Crippen molar-refractivity contribution < 1.29 is 9.53 Å². The van der Waals surface area contributed by atoms with Crippen LogP contribution in [0.3, 0.4) is 0 Å². The molecule has 0 aliphatic carbocycles. The lowest BCUT2D eigenvalue weighted by Crippen LogP contribution is -2.44. The fourth-order valence-corrected chi connectivity index (χ4v) is 4.68. The smallest absolute Gasteiger partial charge is 0.255 e. The Hall–Kier alpha value is -3.42. The van der Waals surface area contributed by atoms with E-state index < -0.39 is 0 Å². The largest absolute Gasteiger partial charge is 0.457 e. The van der Waals surface area contributed by atoms with E-state index in [0.29, 0.717) is 11.3 Å². The molecule has 3 aromatic carbocycles. The SMILES string of the molecule is CN1CCN(c2nc3ccc(NC(=O)c4ccc(Oc5ccccc5)cc4)cc3s2)CC1. The Morgan fingerprint density at radius 2 is 1.66 bits per heavy atom. The molecule has 1 amide bonds. The molecule has 1 saturated heterocycles. The van der Waals surface area contributed by atoms with E-state index in [-0.39, 0.29) is 5.91 Å². The second-order valence-corrected chi connectivity index (χ2v) is 8.87. The topological polar surface area (TPSA) is 57.7 Å². The van der Waals surface area contributed by atoms with E-state index in [1.807, 2.05) is 48.5 Å². The molecule has 0 saturated carbocycles. The lowest BCUT2D eigenvalue weighted by Gasteiger charge is -2.31. The summed E-state index contributed by atoms with van der Waals surface area (Å²) in [4.78, 5) is 22.2. The zero-order valence-corrected chi connectivity index (χ0v) is 18.6. The van der Waals surface area contributed by atoms with Crippen LogP contribution in [-0.4, -0.2) is 49.0 Å². The number of piperazine rings is 1. The molecule has 32 heavy (non-hydrogen) atoms. The zero-order chi connectivity index (χ0) is 21.9. The number of hydrogen-bond acceptors (Lipinski definition) is 6. The van der Waals surface area contributed by atoms with Crippen molar-refractivity contribution in [3.8, 4) is 11.5 Å². The van der Waals surface area contributed by atoms with E-state index in [9.17, 15) is 4.79 Å². The van der Waals surface area contributed by atoms with Crippen molar-refractivity contribution in [2.75, 3.05) is 43.4 Å². The maximum Gasteiger partial charge on any atom is 0.255 e. The number of carbonyl (C=O) groups is 1. The Morgan fingerprint density at radius 1 is 0.938 bits per heavy atom. The predicted molar refractivity (Wildman–Crippen MR) is 130 cm³/mol. The molecule has 7 heteroatoms. The maximum atomic E-state index is 12.7. The molecule has 1 fully saturated rings. The van der Waals surface area contributed by atoms with Crippen molar-refractivity contribution >= 4 is 38.3 Å². The lowest BCUT2D eigenvalue weighted by atomic mass is 10.2. The van der Waals surface area contributed by atoms with Crippen LogP contribution in [-0.2, 0) is 0 Å². The summed E-state index contributed by atoms with van der Waals surface area (Å²) in [6, 6.07) is 22.6. The van der Waals surface area contributed by atoms with Crippen LogP contribution in [0.4, 0.5) is 10.8 Å². The highest BCUT2D eigenvalue weighted by molar-refractivity contribution is 7.22. The van der Waals surface area contributed by atoms with Crippen molar-refractivity contribution in [1.82, 2.24) is 9.88 Å². The Kier molecular flexibility index (Phi) is 5.75. The van der Waals surface area contributed by atoms with E-state index in [4.69, 9.17) is 9.72 Å². The van der Waals surface area contributed by atoms with E-state index in [1.165, 1.54) is 0 Å². The van der Waals surface area contributed by atoms with Crippen molar-refractivity contribution in [3.05, 3.63) is 78.4 Å². The Bertz CT molecular complexity index is 1220. The highest BCUT2D eigenvalue weighted by Gasteiger charge is 2.18. The molecule has 0 radical (unpaired) electrons. The van der Waals surface area contributed by atoms with Gasteiger partial charge < -0.3 is 19.9 Å². The molecule has 0 spiro atoms. The van der Waals surface area contributed by atoms with Gasteiger partial charge in [-0.3, -0.25) is 4.79 Å². The third-order valence-electron chi connectivity index (χ3n) is 5.50. The van der Waals surface area contributed by atoms with Gasteiger partial charge in [0, 0.05) is 37.4 Å². The first-order valence-corrected chi connectivity index (χ1v) is 11.4. The molecule has 1 aliphatic heterocycles. The molecular formula is C25H24N4O2S. The number of likely N-dealkylation sites (N-methyl/N-ethyl adjacent to an activating group) is 1. The van der Waals surface area contributed by atoms with Crippen LogP contribution < -0.4 is 15.0 Å². The number of ether oxygens (including phenoxy) is 1. The number of para-hydroxylation sites is 1. The van der Waals surface area contributed by atoms with Gasteiger partial charge >= 0.3 is 0 Å². The van der Waals surface area contributed by atoms with Crippen LogP contribution in [0.25, 0.3) is 10.2 Å². The molecule has 2 heterocycles. The van der Waals surface area contributed by atoms with Gasteiger partial charge in [0.1, 0.15) is 11.5 Å². The normalized spacial score (nSPS) is 14.5. The summed E-state index contributed by atoms with van der Waals surface area (Å²) in [7, 11) is 2.15. The Morgan fingerprint density at radius 3 is 2.41 bits per heavy atom. The van der Waals surface area contributed by atoms with Crippen LogP contribution in [0.15, 0.2) is 72.8 Å². The first-order valence-electron chi connectivity index (χ1n) is 10.6. The summed E-state index contributed by atoms with van der Waals surface area (Å²) >= 11 is 1.67. The van der Waals surface area contributed by atoms with Gasteiger partial charge in [-0.2, -0.15) is 0 Å². The third kappa shape index (κ3) is 4.59. The van der Waals surface area contributed by atoms with Gasteiger partial charge in [0.15, 0.2) is 5.13 Å². The van der Waals surface area contributed by atoms with Crippen LogP contribution >= 0.6 is 11.3 Å². The van der Waals surface area contributed by atoms with Crippen molar-refractivity contribution in [3.63, 3.8) is 0 Å². The highest BCUT2D eigenvalue weighted by Crippen LogP contribution is 2.31. The standard InChI is InChI=1S/C25H24N4O2S/c1-28-13-15-29(16-14-28)25-27-22-12-9-19(17-23(22)32-25)26-24(30)18-7-10-21(11-8-18)31-20-5-3-2-4-6-20/h2-12,17H,13-16H2,1H3,(H,26,30). The van der Waals surface area contributed by atoms with Gasteiger partial charge in [0.05, 0.1) is 10.2 Å². The van der Waals surface area contributed by atoms with E-state index in [0.717, 1.165) is 53.0 Å². The van der Waals surface area contributed by atoms with Crippen LogP contribution in [0, 0.1) is 0 Å². The maximum absolute atomic E-state index is 12.7. The van der Waals surface area contributed by atoms with Crippen molar-refractivity contribution in [2.24, 2.45) is 0 Å². The summed E-state index contributed by atoms with van der Waals surface area (Å²) in [6.07, 6.45) is 0. The quantitative estimate of drug-likeness (QED) is 0.465. The number of thiazole rings is 1. The van der Waals surface area contributed by atoms with Gasteiger partial charge in [-0.25, -0.2) is 4.98 Å². The molecule has 1 aliphatic rings. The molecule has 6 nitrogen and oxygen atoms in total. The number of rotatable bonds is 5. The van der Waals surface area contributed by atoms with E-state index >= 15 is 0 Å². The zero-order valence-electron chi connectivity index (χ0n) is 17.8. The monoisotopic (exact) mass is 444 g/mol. The van der Waals surface area contributed by atoms with E-state index in [1.54, 1.807) is 35.6 Å². The number of benzene rings is 3. The minimum absolute atomic E-state index is 0.153. The summed E-state index contributed by atoms with van der Waals surface area (Å²) in [5, 5.41) is 4.04. The molecule has 1 N–H and O–H groups in total. The van der Waals surface area contributed by atoms with Crippen LogP contribution in [0.5, 0.6) is 11.5 Å². The van der Waals surface area contributed by atoms with Gasteiger partial charge in [0.2, 0.25) is 0 Å². The summed E-state index contributed by atoms with van der Waals surface area (Å²) in [6.45, 7) is 4.08. The summed E-state index contributed by atoms with van der Waals surface area (Å²) in [5.41, 5.74) is 2.30. The third-order valence-corrected chi connectivity index (χ3v) is 6.58. The minimum atomic E-state index is -0.153. The molecule has 162 valence electrons. The number of hydrogen-bond donors (Lipinski definition) is 1. The minimum Gasteiger partial charge on any atom is -0.457 e. The van der Waals surface area contributed by atoms with Gasteiger partial charge in [0.25, 0.3) is 5.91 Å². The fourth-order valence-electron chi connectivity index (χ4n) is 3.63. The van der Waals surface area contributed by atoms with Gasteiger partial charge in [-0.05, 0) is 61.6 Å². The van der Waals surface area contributed by atoms with Gasteiger partial charge in [-0.15, -0.1) is 0 Å². The molecule has 1 aromatic heterocycles. The fraction of sp³-hybridized carbons (Fsp3) is 0.200. The molecule has 0 unspecified atom stereocenters. The van der Waals surface area contributed by atoms with E-state index in [2.05, 4.69) is 22.2 Å². The Balaban J connectivity index is 1.26. The lowest BCUT2D eigenvalue weighted by molar-refractivity contribution is 0.102. The molecule has 5 rings (SSSR count). The summed E-state index contributed by atoms with van der Waals surface area (Å²) < 4.78 is 6.87. The number of nitrogens with zero attached hydrogens (tertiary/aromatic N) is 3. The molecule has 4 aromatic rings. The number of nitrogens with one attached hydrogen (secondary N) is 1. The van der Waals surface area contributed by atoms with Crippen molar-refractivity contribution in [1.29, 1.82) is 0 Å². The second kappa shape index (κ2) is 8.98. The molecule has 0 bridgehead atoms. The number of fused-ring (bicyclic) bond motifs is 1. The second-order valence-electron chi connectivity index (χ2n) is 7.86. The van der Waals surface area contributed by atoms with Crippen molar-refractivity contribution in [2.45, 2.75) is 0 Å². The average molecular weight is 445 g/mol. The van der Waals surface area contributed by atoms with Crippen LogP contribution in [0.2, 0.25) is 0 Å². The van der Waals surface area contributed by atoms with Gasteiger partial charge in [-0.1, -0.05) is 29.5 Å². The number of amides is 1. The molecular weight excluding hydrogens is 420 g/mol. The summed E-state index contributed by atoms with van der Waals surface area (Å²) in [5.74, 6) is 1.30. The first kappa shape index (κ1) is 20.5. The highest BCUT2D eigenvalue weighted by atomic mass is 32.1. The molecule has 0 atom stereocenters.